The summed E-state index contributed by atoms with van der Waals surface area (Å²) in [6.45, 7) is 4.70. The molecule has 0 radical (unpaired) electrons. The monoisotopic (exact) mass is 445 g/mol. The molecule has 9 unspecified atom stereocenters. The first-order chi connectivity index (χ1) is 11.4. The number of ether oxygens (including phenoxy) is 2. The Morgan fingerprint density at radius 2 is 1.92 bits per heavy atom. The minimum absolute atomic E-state index is 0.0207. The quantitative estimate of drug-likeness (QED) is 0.245. The standard InChI is InChI=1S/C19H26IO4/c1-19(2,20-3)18(22)24-13-5-8-4-10(13)15-9-6-11(14(8)15)16-12(9)7-23-17(16)21/h8-16H,4-7H2,1-3H3/q-1. The van der Waals surface area contributed by atoms with Crippen molar-refractivity contribution in [1.82, 2.24) is 0 Å². The summed E-state index contributed by atoms with van der Waals surface area (Å²) in [7, 11) is 0. The van der Waals surface area contributed by atoms with Crippen LogP contribution in [-0.2, 0) is 19.1 Å². The summed E-state index contributed by atoms with van der Waals surface area (Å²) in [4.78, 5) is 26.8. The zero-order chi connectivity index (χ0) is 16.8. The number of cyclic esters (lactones) is 1. The molecule has 24 heavy (non-hydrogen) atoms. The van der Waals surface area contributed by atoms with Gasteiger partial charge in [0.1, 0.15) is 0 Å². The molecular formula is C19H26IO4-. The van der Waals surface area contributed by atoms with Crippen molar-refractivity contribution < 1.29 is 40.3 Å². The number of hydrogen-bond acceptors (Lipinski definition) is 4. The third kappa shape index (κ3) is 1.91. The van der Waals surface area contributed by atoms with E-state index in [-0.39, 0.29) is 48.6 Å². The van der Waals surface area contributed by atoms with E-state index in [2.05, 4.69) is 4.93 Å². The van der Waals surface area contributed by atoms with Crippen LogP contribution in [-0.4, -0.2) is 33.0 Å². The van der Waals surface area contributed by atoms with Gasteiger partial charge in [-0.1, -0.05) is 0 Å². The molecule has 4 nitrogen and oxygen atoms in total. The molecular weight excluding hydrogens is 419 g/mol. The summed E-state index contributed by atoms with van der Waals surface area (Å²) in [6.07, 6.45) is 3.61. The van der Waals surface area contributed by atoms with E-state index in [9.17, 15) is 9.59 Å². The van der Waals surface area contributed by atoms with Gasteiger partial charge in [-0.15, -0.1) is 0 Å². The first-order valence-corrected chi connectivity index (χ1v) is 12.5. The fourth-order valence-corrected chi connectivity index (χ4v) is 7.60. The molecule has 1 saturated heterocycles. The van der Waals surface area contributed by atoms with Gasteiger partial charge in [0.05, 0.1) is 0 Å². The predicted octanol–water partition coefficient (Wildman–Crippen LogP) is -0.893. The summed E-state index contributed by atoms with van der Waals surface area (Å²) >= 11 is -0.168. The number of hydrogen-bond donors (Lipinski definition) is 0. The van der Waals surface area contributed by atoms with Crippen LogP contribution in [0.1, 0.15) is 33.1 Å². The Morgan fingerprint density at radius 1 is 1.12 bits per heavy atom. The second-order valence-corrected chi connectivity index (χ2v) is 12.8. The maximum absolute atomic E-state index is 12.5. The zero-order valence-electron chi connectivity index (χ0n) is 14.5. The summed E-state index contributed by atoms with van der Waals surface area (Å²) < 4.78 is 11.2. The van der Waals surface area contributed by atoms with Crippen LogP contribution >= 0.6 is 0 Å². The van der Waals surface area contributed by atoms with E-state index >= 15 is 0 Å². The number of carbonyl (C=O) groups excluding carboxylic acids is 2. The Kier molecular flexibility index (Phi) is 3.38. The molecule has 0 spiro atoms. The van der Waals surface area contributed by atoms with Gasteiger partial charge in [0, 0.05) is 0 Å². The Morgan fingerprint density at radius 3 is 2.67 bits per heavy atom. The van der Waals surface area contributed by atoms with Crippen LogP contribution in [0.5, 0.6) is 0 Å². The van der Waals surface area contributed by atoms with Crippen molar-refractivity contribution in [3.8, 4) is 0 Å². The molecule has 1 heterocycles. The topological polar surface area (TPSA) is 52.6 Å². The number of rotatable bonds is 3. The van der Waals surface area contributed by atoms with Crippen LogP contribution < -0.4 is 21.2 Å². The second-order valence-electron chi connectivity index (χ2n) is 9.04. The Labute approximate surface area is 153 Å². The first kappa shape index (κ1) is 15.9. The minimum atomic E-state index is -0.272. The first-order valence-electron chi connectivity index (χ1n) is 9.30. The molecule has 0 aromatic carbocycles. The van der Waals surface area contributed by atoms with Crippen molar-refractivity contribution in [3.05, 3.63) is 0 Å². The Bertz CT molecular complexity index is 602. The number of esters is 2. The Balaban J connectivity index is 1.35. The fourth-order valence-electron chi connectivity index (χ4n) is 7.03. The molecule has 4 bridgehead atoms. The van der Waals surface area contributed by atoms with E-state index in [1.807, 2.05) is 13.8 Å². The van der Waals surface area contributed by atoms with Crippen LogP contribution in [0.2, 0.25) is 0 Å². The van der Waals surface area contributed by atoms with E-state index in [0.717, 1.165) is 6.42 Å². The number of alkyl halides is 2. The molecule has 0 aromatic heterocycles. The molecule has 9 atom stereocenters. The van der Waals surface area contributed by atoms with Gasteiger partial charge in [-0.05, 0) is 0 Å². The van der Waals surface area contributed by atoms with Crippen LogP contribution in [0.15, 0.2) is 0 Å². The molecule has 1 aliphatic heterocycles. The van der Waals surface area contributed by atoms with Gasteiger partial charge in [-0.25, -0.2) is 0 Å². The molecule has 5 heteroatoms. The molecule has 5 rings (SSSR count). The normalized spacial score (nSPS) is 51.0. The number of halogens is 1. The predicted molar refractivity (Wildman–Crippen MR) is 82.6 cm³/mol. The van der Waals surface area contributed by atoms with E-state index in [0.29, 0.717) is 48.0 Å². The second kappa shape index (κ2) is 5.10. The van der Waals surface area contributed by atoms with E-state index < -0.39 is 0 Å². The summed E-state index contributed by atoms with van der Waals surface area (Å²) in [5.74, 6) is 4.54. The van der Waals surface area contributed by atoms with Crippen molar-refractivity contribution in [2.75, 3.05) is 11.5 Å². The van der Waals surface area contributed by atoms with Crippen molar-refractivity contribution in [1.29, 1.82) is 0 Å². The maximum atomic E-state index is 12.5. The average molecular weight is 445 g/mol. The van der Waals surface area contributed by atoms with Gasteiger partial charge < -0.3 is 0 Å². The number of carbonyl (C=O) groups is 2. The molecule has 0 aromatic rings. The molecule has 4 aliphatic carbocycles. The van der Waals surface area contributed by atoms with Crippen LogP contribution in [0.4, 0.5) is 0 Å². The van der Waals surface area contributed by atoms with E-state index in [1.54, 1.807) is 0 Å². The van der Waals surface area contributed by atoms with Crippen LogP contribution in [0, 0.1) is 47.3 Å². The van der Waals surface area contributed by atoms with Crippen LogP contribution in [0.25, 0.3) is 0 Å². The van der Waals surface area contributed by atoms with Crippen molar-refractivity contribution in [2.45, 2.75) is 42.6 Å². The van der Waals surface area contributed by atoms with Gasteiger partial charge in [-0.2, -0.15) is 0 Å². The molecule has 5 fully saturated rings. The molecule has 5 aliphatic rings. The van der Waals surface area contributed by atoms with Gasteiger partial charge in [0.2, 0.25) is 0 Å². The van der Waals surface area contributed by atoms with E-state index in [4.69, 9.17) is 9.47 Å². The van der Waals surface area contributed by atoms with Crippen molar-refractivity contribution in [2.24, 2.45) is 47.3 Å². The molecule has 0 N–H and O–H groups in total. The fraction of sp³-hybridized carbons (Fsp3) is 0.895. The van der Waals surface area contributed by atoms with Crippen molar-refractivity contribution >= 4 is 11.9 Å². The summed E-state index contributed by atoms with van der Waals surface area (Å²) in [6, 6.07) is 0. The van der Waals surface area contributed by atoms with Crippen LogP contribution in [0.3, 0.4) is 0 Å². The van der Waals surface area contributed by atoms with Gasteiger partial charge >= 0.3 is 154 Å². The van der Waals surface area contributed by atoms with Gasteiger partial charge in [-0.3, -0.25) is 0 Å². The third-order valence-electron chi connectivity index (χ3n) is 7.98. The van der Waals surface area contributed by atoms with Gasteiger partial charge in [0.25, 0.3) is 0 Å². The van der Waals surface area contributed by atoms with E-state index in [1.165, 1.54) is 12.8 Å². The molecule has 0 amide bonds. The summed E-state index contributed by atoms with van der Waals surface area (Å²) in [5, 5.41) is 0. The number of fused-ring (bicyclic) bond motifs is 12. The molecule has 4 saturated carbocycles. The Hall–Kier alpha value is -0.330. The third-order valence-corrected chi connectivity index (χ3v) is 11.1. The zero-order valence-corrected chi connectivity index (χ0v) is 16.7. The molecule has 134 valence electrons. The van der Waals surface area contributed by atoms with Crippen molar-refractivity contribution in [3.63, 3.8) is 0 Å². The SMILES string of the molecule is C[I-]C(C)(C)C(=O)OC1CC2CC1C1C3CC(C4C(=O)OCC34)C21. The average Bonchev–Trinajstić information content (AvgIpc) is 3.30. The van der Waals surface area contributed by atoms with Gasteiger partial charge in [0.15, 0.2) is 0 Å². The summed E-state index contributed by atoms with van der Waals surface area (Å²) in [5.41, 5.74) is 0.